The van der Waals surface area contributed by atoms with Crippen molar-refractivity contribution in [2.45, 2.75) is 13.0 Å². The summed E-state index contributed by atoms with van der Waals surface area (Å²) in [6.45, 7) is 1.69. The van der Waals surface area contributed by atoms with Crippen molar-refractivity contribution in [2.75, 3.05) is 16.8 Å². The maximum Gasteiger partial charge on any atom is 0.267 e. The number of benzene rings is 2. The molecule has 39 heavy (non-hydrogen) atoms. The van der Waals surface area contributed by atoms with Crippen LogP contribution in [0.2, 0.25) is 5.02 Å². The molecule has 0 fully saturated rings. The van der Waals surface area contributed by atoms with E-state index in [1.807, 2.05) is 0 Å². The van der Waals surface area contributed by atoms with Gasteiger partial charge in [-0.25, -0.2) is 33.7 Å². The number of anilines is 3. The molecule has 13 heteroatoms. The summed E-state index contributed by atoms with van der Waals surface area (Å²) in [4.78, 5) is 34.3. The first-order valence-electron chi connectivity index (χ1n) is 11.4. The van der Waals surface area contributed by atoms with Gasteiger partial charge in [0.2, 0.25) is 5.95 Å². The van der Waals surface area contributed by atoms with Crippen LogP contribution in [0.25, 0.3) is 16.6 Å². The number of hydrogen-bond donors (Lipinski definition) is 3. The Kier molecular flexibility index (Phi) is 6.74. The molecular formula is C26H18ClF2N9O. The van der Waals surface area contributed by atoms with Crippen LogP contribution in [0.5, 0.6) is 0 Å². The Morgan fingerprint density at radius 3 is 2.46 bits per heavy atom. The highest BCUT2D eigenvalue weighted by molar-refractivity contribution is 6.35. The molecule has 3 heterocycles. The summed E-state index contributed by atoms with van der Waals surface area (Å²) in [5.74, 6) is 4.59. The summed E-state index contributed by atoms with van der Waals surface area (Å²) in [5, 5.41) is 3.38. The fraction of sp³-hybridized carbons (Fsp3) is 0.0769. The summed E-state index contributed by atoms with van der Waals surface area (Å²) in [6, 6.07) is 6.80. The Labute approximate surface area is 224 Å². The monoisotopic (exact) mass is 545 g/mol. The van der Waals surface area contributed by atoms with Crippen LogP contribution in [0.4, 0.5) is 26.4 Å². The number of rotatable bonds is 4. The molecular weight excluding hydrogens is 528 g/mol. The van der Waals surface area contributed by atoms with Crippen LogP contribution in [-0.2, 0) is 0 Å². The van der Waals surface area contributed by atoms with Crippen molar-refractivity contribution in [1.82, 2.24) is 29.5 Å². The lowest BCUT2D eigenvalue weighted by Crippen LogP contribution is -2.28. The van der Waals surface area contributed by atoms with Crippen molar-refractivity contribution >= 4 is 40.1 Å². The quantitative estimate of drug-likeness (QED) is 0.287. The second kappa shape index (κ2) is 10.3. The predicted molar refractivity (Wildman–Crippen MR) is 143 cm³/mol. The van der Waals surface area contributed by atoms with Crippen LogP contribution >= 0.6 is 11.6 Å². The molecule has 2 aromatic carbocycles. The molecule has 5 aromatic rings. The molecule has 0 amide bonds. The van der Waals surface area contributed by atoms with E-state index in [4.69, 9.17) is 23.1 Å². The largest absolute Gasteiger partial charge is 0.382 e. The highest BCUT2D eigenvalue weighted by atomic mass is 35.5. The Balaban J connectivity index is 1.64. The molecule has 0 aliphatic heterocycles. The molecule has 1 atom stereocenters. The Bertz CT molecular complexity index is 1830. The van der Waals surface area contributed by atoms with Gasteiger partial charge < -0.3 is 16.8 Å². The normalized spacial score (nSPS) is 11.6. The minimum atomic E-state index is -0.865. The molecule has 5 rings (SSSR count). The topological polar surface area (TPSA) is 151 Å². The van der Waals surface area contributed by atoms with Crippen molar-refractivity contribution in [3.63, 3.8) is 0 Å². The molecule has 0 saturated carbocycles. The van der Waals surface area contributed by atoms with Crippen molar-refractivity contribution in [2.24, 2.45) is 0 Å². The second-order valence-corrected chi connectivity index (χ2v) is 8.71. The van der Waals surface area contributed by atoms with Crippen LogP contribution in [-0.4, -0.2) is 29.5 Å². The maximum atomic E-state index is 14.2. The third-order valence-electron chi connectivity index (χ3n) is 5.60. The zero-order chi connectivity index (χ0) is 27.7. The molecule has 1 unspecified atom stereocenters. The van der Waals surface area contributed by atoms with Gasteiger partial charge in [-0.3, -0.25) is 9.36 Å². The minimum Gasteiger partial charge on any atom is -0.382 e. The molecule has 0 saturated heterocycles. The fourth-order valence-corrected chi connectivity index (χ4v) is 4.10. The molecule has 0 aliphatic rings. The first-order chi connectivity index (χ1) is 18.7. The van der Waals surface area contributed by atoms with Gasteiger partial charge in [-0.2, -0.15) is 0 Å². The molecule has 3 aromatic heterocycles. The number of nitrogens with zero attached hydrogens (tertiary/aromatic N) is 6. The van der Waals surface area contributed by atoms with Gasteiger partial charge in [0.15, 0.2) is 0 Å². The van der Waals surface area contributed by atoms with E-state index in [9.17, 15) is 13.6 Å². The molecule has 194 valence electrons. The van der Waals surface area contributed by atoms with Gasteiger partial charge in [0.1, 0.15) is 41.0 Å². The molecule has 0 spiro atoms. The fourth-order valence-electron chi connectivity index (χ4n) is 3.85. The summed E-state index contributed by atoms with van der Waals surface area (Å²) < 4.78 is 29.5. The average molecular weight is 546 g/mol. The number of nitrogens with two attached hydrogens (primary N) is 2. The Hall–Kier alpha value is -5.15. The molecule has 5 N–H and O–H groups in total. The molecule has 0 aliphatic carbocycles. The lowest BCUT2D eigenvalue weighted by Gasteiger charge is -2.21. The van der Waals surface area contributed by atoms with Crippen LogP contribution in [0.1, 0.15) is 29.9 Å². The summed E-state index contributed by atoms with van der Waals surface area (Å²) in [6.07, 6.45) is 4.14. The van der Waals surface area contributed by atoms with Crippen LogP contribution in [0, 0.1) is 23.5 Å². The SMILES string of the molecule is CC(Nc1ncnc(N)c1C#Cc1cnc(N)nc1)c1nc2cccc(Cl)c2c(=O)n1-c1cc(F)cc(F)c1. The molecule has 0 radical (unpaired) electrons. The Morgan fingerprint density at radius 1 is 1.03 bits per heavy atom. The van der Waals surface area contributed by atoms with Gasteiger partial charge in [0.25, 0.3) is 5.56 Å². The molecule has 0 bridgehead atoms. The zero-order valence-corrected chi connectivity index (χ0v) is 20.9. The lowest BCUT2D eigenvalue weighted by molar-refractivity contribution is 0.579. The van der Waals surface area contributed by atoms with Gasteiger partial charge >= 0.3 is 0 Å². The smallest absolute Gasteiger partial charge is 0.267 e. The number of fused-ring (bicyclic) bond motifs is 1. The lowest BCUT2D eigenvalue weighted by atomic mass is 10.2. The van der Waals surface area contributed by atoms with E-state index in [1.54, 1.807) is 19.1 Å². The van der Waals surface area contributed by atoms with Gasteiger partial charge in [0, 0.05) is 18.5 Å². The van der Waals surface area contributed by atoms with E-state index in [1.165, 1.54) is 24.8 Å². The van der Waals surface area contributed by atoms with E-state index >= 15 is 0 Å². The number of aromatic nitrogens is 6. The van der Waals surface area contributed by atoms with Gasteiger partial charge in [-0.15, -0.1) is 0 Å². The summed E-state index contributed by atoms with van der Waals surface area (Å²) in [7, 11) is 0. The second-order valence-electron chi connectivity index (χ2n) is 8.30. The van der Waals surface area contributed by atoms with Gasteiger partial charge in [-0.1, -0.05) is 29.5 Å². The van der Waals surface area contributed by atoms with Crippen LogP contribution in [0.3, 0.4) is 0 Å². The highest BCUT2D eigenvalue weighted by Gasteiger charge is 2.22. The van der Waals surface area contributed by atoms with Crippen molar-refractivity contribution in [3.05, 3.63) is 99.1 Å². The average Bonchev–Trinajstić information content (AvgIpc) is 2.88. The van der Waals surface area contributed by atoms with Crippen LogP contribution < -0.4 is 22.3 Å². The summed E-state index contributed by atoms with van der Waals surface area (Å²) >= 11 is 6.30. The number of nitrogen functional groups attached to an aromatic ring is 2. The number of hydrogen-bond acceptors (Lipinski definition) is 9. The van der Waals surface area contributed by atoms with E-state index in [0.29, 0.717) is 17.1 Å². The third kappa shape index (κ3) is 5.16. The zero-order valence-electron chi connectivity index (χ0n) is 20.2. The van der Waals surface area contributed by atoms with Crippen molar-refractivity contribution in [3.8, 4) is 17.5 Å². The van der Waals surface area contributed by atoms with E-state index < -0.39 is 23.2 Å². The third-order valence-corrected chi connectivity index (χ3v) is 5.91. The Morgan fingerprint density at radius 2 is 1.74 bits per heavy atom. The highest BCUT2D eigenvalue weighted by Crippen LogP contribution is 2.26. The van der Waals surface area contributed by atoms with Crippen molar-refractivity contribution < 1.29 is 8.78 Å². The van der Waals surface area contributed by atoms with E-state index in [0.717, 1.165) is 16.7 Å². The maximum absolute atomic E-state index is 14.2. The standard InChI is InChI=1S/C26H18ClF2N9O/c1-13(36-23-18(22(30)34-12-35-23)6-5-14-10-32-26(31)33-11-14)24-37-20-4-2-3-19(27)21(20)25(39)38(24)17-8-15(28)7-16(29)9-17/h2-4,7-13H,1H3,(H2,31,32,33)(H3,30,34,35,36). The van der Waals surface area contributed by atoms with Crippen molar-refractivity contribution in [1.29, 1.82) is 0 Å². The van der Waals surface area contributed by atoms with Gasteiger partial charge in [0.05, 0.1) is 33.2 Å². The van der Waals surface area contributed by atoms with Gasteiger partial charge in [-0.05, 0) is 31.2 Å². The molecule has 10 nitrogen and oxygen atoms in total. The predicted octanol–water partition coefficient (Wildman–Crippen LogP) is 3.63. The minimum absolute atomic E-state index is 0.0685. The van der Waals surface area contributed by atoms with E-state index in [-0.39, 0.29) is 45.1 Å². The first kappa shape index (κ1) is 25.5. The van der Waals surface area contributed by atoms with Crippen LogP contribution in [0.15, 0.2) is 59.9 Å². The number of halogens is 3. The van der Waals surface area contributed by atoms with E-state index in [2.05, 4.69) is 42.1 Å². The summed E-state index contributed by atoms with van der Waals surface area (Å²) in [5.41, 5.74) is 12.0. The first-order valence-corrected chi connectivity index (χ1v) is 11.7. The number of nitrogens with one attached hydrogen (secondary N) is 1.